The van der Waals surface area contributed by atoms with Gasteiger partial charge >= 0.3 is 0 Å². The molecule has 0 radical (unpaired) electrons. The van der Waals surface area contributed by atoms with Crippen molar-refractivity contribution in [2.45, 2.75) is 26.1 Å². The van der Waals surface area contributed by atoms with Crippen molar-refractivity contribution in [3.8, 4) is 0 Å². The van der Waals surface area contributed by atoms with Crippen LogP contribution < -0.4 is 5.56 Å². The van der Waals surface area contributed by atoms with E-state index in [-0.39, 0.29) is 11.4 Å². The summed E-state index contributed by atoms with van der Waals surface area (Å²) in [6.07, 6.45) is 2.17. The molecule has 0 fully saturated rings. The molecule has 1 heterocycles. The molecule has 0 aliphatic heterocycles. The molecule has 0 atom stereocenters. The summed E-state index contributed by atoms with van der Waals surface area (Å²) in [6, 6.07) is 6.32. The summed E-state index contributed by atoms with van der Waals surface area (Å²) in [4.78, 5) is 18.6. The Balaban J connectivity index is 2.28. The first-order chi connectivity index (χ1) is 8.58. The molecular formula is C14H15ClN2O. The molecule has 0 amide bonds. The molecule has 0 saturated carbocycles. The lowest BCUT2D eigenvalue weighted by Gasteiger charge is -2.05. The minimum atomic E-state index is -0.153. The lowest BCUT2D eigenvalue weighted by Crippen LogP contribution is -2.15. The lowest BCUT2D eigenvalue weighted by atomic mass is 10.0. The van der Waals surface area contributed by atoms with Gasteiger partial charge in [0.1, 0.15) is 5.82 Å². The molecule has 1 N–H and O–H groups in total. The van der Waals surface area contributed by atoms with E-state index in [2.05, 4.69) is 42.0 Å². The molecule has 1 aromatic carbocycles. The van der Waals surface area contributed by atoms with E-state index in [1.54, 1.807) is 6.20 Å². The third-order valence-corrected chi connectivity index (χ3v) is 3.01. The molecule has 0 unspecified atom stereocenters. The number of aryl methyl sites for hydroxylation is 2. The number of H-pyrrole nitrogens is 1. The van der Waals surface area contributed by atoms with Gasteiger partial charge in [0.05, 0.1) is 11.4 Å². The van der Waals surface area contributed by atoms with E-state index in [4.69, 9.17) is 11.6 Å². The van der Waals surface area contributed by atoms with Gasteiger partial charge in [-0.1, -0.05) is 29.3 Å². The summed E-state index contributed by atoms with van der Waals surface area (Å²) in [5.41, 5.74) is 3.92. The van der Waals surface area contributed by atoms with Crippen LogP contribution in [-0.4, -0.2) is 9.97 Å². The maximum atomic E-state index is 11.6. The predicted octanol–water partition coefficient (Wildman–Crippen LogP) is 2.72. The summed E-state index contributed by atoms with van der Waals surface area (Å²) in [6.45, 7) is 4.12. The minimum Gasteiger partial charge on any atom is -0.310 e. The SMILES string of the molecule is Cc1cc(C)cc(Cc2ncc(CCl)c(=O)[nH]2)c1. The average Bonchev–Trinajstić information content (AvgIpc) is 2.27. The highest BCUT2D eigenvalue weighted by Gasteiger charge is 2.03. The Morgan fingerprint density at radius 3 is 2.44 bits per heavy atom. The molecule has 2 rings (SSSR count). The van der Waals surface area contributed by atoms with Crippen molar-refractivity contribution in [2.75, 3.05) is 0 Å². The smallest absolute Gasteiger partial charge is 0.255 e. The summed E-state index contributed by atoms with van der Waals surface area (Å²) in [5, 5.41) is 0. The number of aromatic nitrogens is 2. The highest BCUT2D eigenvalue weighted by molar-refractivity contribution is 6.17. The fourth-order valence-corrected chi connectivity index (χ4v) is 2.20. The van der Waals surface area contributed by atoms with Crippen LogP contribution in [0.5, 0.6) is 0 Å². The first-order valence-corrected chi connectivity index (χ1v) is 6.32. The molecule has 0 saturated heterocycles. The van der Waals surface area contributed by atoms with Crippen LogP contribution in [0.1, 0.15) is 28.1 Å². The van der Waals surface area contributed by atoms with Gasteiger partial charge in [-0.25, -0.2) is 4.98 Å². The van der Waals surface area contributed by atoms with E-state index in [1.165, 1.54) is 11.1 Å². The zero-order valence-electron chi connectivity index (χ0n) is 10.5. The van der Waals surface area contributed by atoms with E-state index >= 15 is 0 Å². The first-order valence-electron chi connectivity index (χ1n) is 5.78. The number of hydrogen-bond donors (Lipinski definition) is 1. The van der Waals surface area contributed by atoms with Gasteiger partial charge in [-0.05, 0) is 19.4 Å². The Kier molecular flexibility index (Phi) is 3.82. The third kappa shape index (κ3) is 2.99. The molecule has 0 aliphatic rings. The molecule has 0 aliphatic carbocycles. The summed E-state index contributed by atoms with van der Waals surface area (Å²) in [7, 11) is 0. The van der Waals surface area contributed by atoms with Gasteiger partial charge < -0.3 is 4.98 Å². The van der Waals surface area contributed by atoms with Crippen molar-refractivity contribution < 1.29 is 0 Å². The van der Waals surface area contributed by atoms with Crippen molar-refractivity contribution in [1.29, 1.82) is 0 Å². The fraction of sp³-hybridized carbons (Fsp3) is 0.286. The quantitative estimate of drug-likeness (QED) is 0.865. The number of hydrogen-bond acceptors (Lipinski definition) is 2. The van der Waals surface area contributed by atoms with E-state index in [1.807, 2.05) is 0 Å². The number of rotatable bonds is 3. The van der Waals surface area contributed by atoms with Crippen LogP contribution in [0.4, 0.5) is 0 Å². The molecule has 4 heteroatoms. The third-order valence-electron chi connectivity index (χ3n) is 2.72. The van der Waals surface area contributed by atoms with Crippen LogP contribution >= 0.6 is 11.6 Å². The van der Waals surface area contributed by atoms with Gasteiger partial charge in [0.15, 0.2) is 0 Å². The normalized spacial score (nSPS) is 10.6. The van der Waals surface area contributed by atoms with Crippen LogP contribution in [0.2, 0.25) is 0 Å². The van der Waals surface area contributed by atoms with Gasteiger partial charge in [0.25, 0.3) is 5.56 Å². The van der Waals surface area contributed by atoms with Gasteiger partial charge in [-0.3, -0.25) is 4.79 Å². The molecule has 3 nitrogen and oxygen atoms in total. The van der Waals surface area contributed by atoms with Gasteiger partial charge in [-0.15, -0.1) is 11.6 Å². The van der Waals surface area contributed by atoms with E-state index in [9.17, 15) is 4.79 Å². The largest absolute Gasteiger partial charge is 0.310 e. The van der Waals surface area contributed by atoms with Crippen molar-refractivity contribution in [3.63, 3.8) is 0 Å². The van der Waals surface area contributed by atoms with E-state index < -0.39 is 0 Å². The number of alkyl halides is 1. The van der Waals surface area contributed by atoms with Crippen LogP contribution in [0.3, 0.4) is 0 Å². The zero-order valence-corrected chi connectivity index (χ0v) is 11.2. The van der Waals surface area contributed by atoms with Gasteiger partial charge in [0, 0.05) is 12.6 Å². The standard InChI is InChI=1S/C14H15ClN2O/c1-9-3-10(2)5-11(4-9)6-13-16-8-12(7-15)14(18)17-13/h3-5,8H,6-7H2,1-2H3,(H,16,17,18). The monoisotopic (exact) mass is 262 g/mol. The summed E-state index contributed by atoms with van der Waals surface area (Å²) >= 11 is 5.63. The van der Waals surface area contributed by atoms with Crippen molar-refractivity contribution >= 4 is 11.6 Å². The number of nitrogens with zero attached hydrogens (tertiary/aromatic N) is 1. The number of halogens is 1. The molecule has 1 aromatic heterocycles. The second-order valence-corrected chi connectivity index (χ2v) is 4.76. The van der Waals surface area contributed by atoms with Crippen LogP contribution in [0.15, 0.2) is 29.2 Å². The molecular weight excluding hydrogens is 248 g/mol. The van der Waals surface area contributed by atoms with Gasteiger partial charge in [-0.2, -0.15) is 0 Å². The molecule has 0 bridgehead atoms. The minimum absolute atomic E-state index is 0.153. The molecule has 94 valence electrons. The highest BCUT2D eigenvalue weighted by atomic mass is 35.5. The van der Waals surface area contributed by atoms with Crippen LogP contribution in [0, 0.1) is 13.8 Å². The molecule has 0 spiro atoms. The van der Waals surface area contributed by atoms with Crippen molar-refractivity contribution in [1.82, 2.24) is 9.97 Å². The number of benzene rings is 1. The Labute approximate surface area is 111 Å². The number of nitrogens with one attached hydrogen (secondary N) is 1. The maximum Gasteiger partial charge on any atom is 0.255 e. The van der Waals surface area contributed by atoms with Crippen LogP contribution in [-0.2, 0) is 12.3 Å². The fourth-order valence-electron chi connectivity index (χ4n) is 2.01. The van der Waals surface area contributed by atoms with Crippen LogP contribution in [0.25, 0.3) is 0 Å². The highest BCUT2D eigenvalue weighted by Crippen LogP contribution is 2.11. The van der Waals surface area contributed by atoms with Crippen molar-refractivity contribution in [3.05, 3.63) is 62.8 Å². The Morgan fingerprint density at radius 1 is 1.22 bits per heavy atom. The lowest BCUT2D eigenvalue weighted by molar-refractivity contribution is 0.925. The Hall–Kier alpha value is -1.61. The summed E-state index contributed by atoms with van der Waals surface area (Å²) in [5.74, 6) is 0.852. The van der Waals surface area contributed by atoms with E-state index in [0.29, 0.717) is 17.8 Å². The Morgan fingerprint density at radius 2 is 1.89 bits per heavy atom. The van der Waals surface area contributed by atoms with Gasteiger partial charge in [0.2, 0.25) is 0 Å². The summed E-state index contributed by atoms with van der Waals surface area (Å²) < 4.78 is 0. The maximum absolute atomic E-state index is 11.6. The number of aromatic amines is 1. The first kappa shape index (κ1) is 12.8. The second kappa shape index (κ2) is 5.36. The molecule has 2 aromatic rings. The Bertz CT molecular complexity index is 599. The van der Waals surface area contributed by atoms with Crippen molar-refractivity contribution in [2.24, 2.45) is 0 Å². The van der Waals surface area contributed by atoms with E-state index in [0.717, 1.165) is 5.56 Å². The average molecular weight is 263 g/mol. The zero-order chi connectivity index (χ0) is 13.1. The molecule has 18 heavy (non-hydrogen) atoms. The predicted molar refractivity (Wildman–Crippen MR) is 73.1 cm³/mol. The second-order valence-electron chi connectivity index (χ2n) is 4.49. The topological polar surface area (TPSA) is 45.8 Å².